The summed E-state index contributed by atoms with van der Waals surface area (Å²) in [7, 11) is 0. The third-order valence-corrected chi connectivity index (χ3v) is 4.51. The van der Waals surface area contributed by atoms with Gasteiger partial charge in [-0.2, -0.15) is 0 Å². The number of hydrogen-bond donors (Lipinski definition) is 1. The van der Waals surface area contributed by atoms with Crippen molar-refractivity contribution in [3.8, 4) is 0 Å². The SMILES string of the molecule is C[C@@H]1CCCC[C@@H]1OCC(=O)Nc1cccc(Cl)c1Cl. The summed E-state index contributed by atoms with van der Waals surface area (Å²) in [5, 5.41) is 3.50. The van der Waals surface area contributed by atoms with Gasteiger partial charge in [0.15, 0.2) is 0 Å². The van der Waals surface area contributed by atoms with Crippen LogP contribution >= 0.6 is 23.2 Å². The first-order valence-electron chi connectivity index (χ1n) is 6.93. The van der Waals surface area contributed by atoms with Crippen LogP contribution in [-0.4, -0.2) is 18.6 Å². The van der Waals surface area contributed by atoms with Gasteiger partial charge in [-0.15, -0.1) is 0 Å². The minimum atomic E-state index is -0.202. The number of ether oxygens (including phenoxy) is 1. The van der Waals surface area contributed by atoms with Crippen molar-refractivity contribution >= 4 is 34.8 Å². The molecule has 1 aliphatic carbocycles. The summed E-state index contributed by atoms with van der Waals surface area (Å²) < 4.78 is 5.71. The summed E-state index contributed by atoms with van der Waals surface area (Å²) in [6.45, 7) is 2.23. The maximum absolute atomic E-state index is 11.9. The highest BCUT2D eigenvalue weighted by molar-refractivity contribution is 6.43. The molecule has 3 nitrogen and oxygen atoms in total. The van der Waals surface area contributed by atoms with E-state index >= 15 is 0 Å². The van der Waals surface area contributed by atoms with Gasteiger partial charge in [-0.1, -0.05) is 49.0 Å². The Morgan fingerprint density at radius 2 is 2.10 bits per heavy atom. The Bertz CT molecular complexity index is 479. The Balaban J connectivity index is 1.85. The molecule has 0 heterocycles. The van der Waals surface area contributed by atoms with E-state index in [0.717, 1.165) is 6.42 Å². The van der Waals surface area contributed by atoms with Crippen LogP contribution in [0.15, 0.2) is 18.2 Å². The third-order valence-electron chi connectivity index (χ3n) is 3.69. The van der Waals surface area contributed by atoms with Crippen molar-refractivity contribution in [1.29, 1.82) is 0 Å². The van der Waals surface area contributed by atoms with Crippen molar-refractivity contribution in [1.82, 2.24) is 0 Å². The van der Waals surface area contributed by atoms with Crippen LogP contribution in [0, 0.1) is 5.92 Å². The Hall–Kier alpha value is -0.770. The van der Waals surface area contributed by atoms with Crippen molar-refractivity contribution in [2.75, 3.05) is 11.9 Å². The van der Waals surface area contributed by atoms with E-state index in [0.29, 0.717) is 21.7 Å². The molecule has 1 aromatic rings. The average molecular weight is 316 g/mol. The highest BCUT2D eigenvalue weighted by atomic mass is 35.5. The van der Waals surface area contributed by atoms with E-state index in [9.17, 15) is 4.79 Å². The molecule has 0 saturated heterocycles. The fourth-order valence-corrected chi connectivity index (χ4v) is 2.85. The third kappa shape index (κ3) is 4.11. The Morgan fingerprint density at radius 3 is 2.85 bits per heavy atom. The maximum atomic E-state index is 11.9. The maximum Gasteiger partial charge on any atom is 0.250 e. The smallest absolute Gasteiger partial charge is 0.250 e. The van der Waals surface area contributed by atoms with E-state index in [1.54, 1.807) is 18.2 Å². The van der Waals surface area contributed by atoms with Crippen LogP contribution < -0.4 is 5.32 Å². The molecule has 1 N–H and O–H groups in total. The van der Waals surface area contributed by atoms with E-state index in [1.165, 1.54) is 19.3 Å². The number of rotatable bonds is 4. The van der Waals surface area contributed by atoms with Crippen LogP contribution in [-0.2, 0) is 9.53 Å². The summed E-state index contributed by atoms with van der Waals surface area (Å²) in [5.41, 5.74) is 0.518. The number of benzene rings is 1. The van der Waals surface area contributed by atoms with Gasteiger partial charge in [-0.05, 0) is 30.9 Å². The van der Waals surface area contributed by atoms with Crippen molar-refractivity contribution in [2.45, 2.75) is 38.7 Å². The van der Waals surface area contributed by atoms with E-state index in [2.05, 4.69) is 12.2 Å². The molecule has 1 saturated carbocycles. The van der Waals surface area contributed by atoms with Crippen molar-refractivity contribution in [3.05, 3.63) is 28.2 Å². The zero-order valence-corrected chi connectivity index (χ0v) is 13.0. The van der Waals surface area contributed by atoms with Gasteiger partial charge < -0.3 is 10.1 Å². The lowest BCUT2D eigenvalue weighted by Crippen LogP contribution is -2.29. The molecule has 5 heteroatoms. The molecule has 0 aromatic heterocycles. The number of halogens is 2. The molecule has 0 aliphatic heterocycles. The molecule has 0 radical (unpaired) electrons. The summed E-state index contributed by atoms with van der Waals surface area (Å²) >= 11 is 11.9. The van der Waals surface area contributed by atoms with Crippen molar-refractivity contribution in [2.24, 2.45) is 5.92 Å². The molecule has 0 spiro atoms. The second-order valence-electron chi connectivity index (χ2n) is 5.26. The quantitative estimate of drug-likeness (QED) is 0.886. The van der Waals surface area contributed by atoms with Gasteiger partial charge in [0.25, 0.3) is 0 Å². The minimum Gasteiger partial charge on any atom is -0.368 e. The zero-order chi connectivity index (χ0) is 14.5. The number of nitrogens with one attached hydrogen (secondary N) is 1. The topological polar surface area (TPSA) is 38.3 Å². The van der Waals surface area contributed by atoms with Gasteiger partial charge >= 0.3 is 0 Å². The molecule has 0 unspecified atom stereocenters. The second kappa shape index (κ2) is 7.30. The van der Waals surface area contributed by atoms with E-state index < -0.39 is 0 Å². The predicted molar refractivity (Wildman–Crippen MR) is 82.5 cm³/mol. The fourth-order valence-electron chi connectivity index (χ4n) is 2.50. The molecular formula is C15H19Cl2NO2. The molecule has 2 atom stereocenters. The monoisotopic (exact) mass is 315 g/mol. The van der Waals surface area contributed by atoms with Gasteiger partial charge in [0.05, 0.1) is 21.8 Å². The number of carbonyl (C=O) groups is 1. The number of anilines is 1. The molecule has 0 bridgehead atoms. The second-order valence-corrected chi connectivity index (χ2v) is 6.05. The summed E-state index contributed by atoms with van der Waals surface area (Å²) in [6.07, 6.45) is 4.82. The molecular weight excluding hydrogens is 297 g/mol. The average Bonchev–Trinajstić information content (AvgIpc) is 2.43. The van der Waals surface area contributed by atoms with Crippen LogP contribution in [0.25, 0.3) is 0 Å². The Labute approximate surface area is 129 Å². The van der Waals surface area contributed by atoms with Gasteiger partial charge in [0.2, 0.25) is 5.91 Å². The van der Waals surface area contributed by atoms with Crippen LogP contribution in [0.5, 0.6) is 0 Å². The summed E-state index contributed by atoms with van der Waals surface area (Å²) in [4.78, 5) is 11.9. The first-order chi connectivity index (χ1) is 9.58. The Kier molecular flexibility index (Phi) is 5.70. The molecule has 110 valence electrons. The molecule has 1 aromatic carbocycles. The minimum absolute atomic E-state index is 0.0534. The summed E-state index contributed by atoms with van der Waals surface area (Å²) in [5.74, 6) is 0.318. The van der Waals surface area contributed by atoms with Gasteiger partial charge in [-0.3, -0.25) is 4.79 Å². The zero-order valence-electron chi connectivity index (χ0n) is 11.5. The highest BCUT2D eigenvalue weighted by Crippen LogP contribution is 2.30. The molecule has 1 amide bonds. The van der Waals surface area contributed by atoms with E-state index in [-0.39, 0.29) is 18.6 Å². The van der Waals surface area contributed by atoms with Gasteiger partial charge in [0, 0.05) is 0 Å². The lowest BCUT2D eigenvalue weighted by atomic mass is 9.88. The van der Waals surface area contributed by atoms with Crippen molar-refractivity contribution < 1.29 is 9.53 Å². The number of amides is 1. The first kappa shape index (κ1) is 15.6. The molecule has 1 fully saturated rings. The van der Waals surface area contributed by atoms with Gasteiger partial charge in [-0.25, -0.2) is 0 Å². The molecule has 2 rings (SSSR count). The predicted octanol–water partition coefficient (Wildman–Crippen LogP) is 4.53. The standard InChI is InChI=1S/C15H19Cl2NO2/c1-10-5-2-3-8-13(10)20-9-14(19)18-12-7-4-6-11(16)15(12)17/h4,6-7,10,13H,2-3,5,8-9H2,1H3,(H,18,19)/t10-,13+/m1/s1. The molecule has 20 heavy (non-hydrogen) atoms. The van der Waals surface area contributed by atoms with Crippen LogP contribution in [0.4, 0.5) is 5.69 Å². The van der Waals surface area contributed by atoms with E-state index in [4.69, 9.17) is 27.9 Å². The summed E-state index contributed by atoms with van der Waals surface area (Å²) in [6, 6.07) is 5.14. The molecule has 1 aliphatic rings. The fraction of sp³-hybridized carbons (Fsp3) is 0.533. The van der Waals surface area contributed by atoms with Crippen molar-refractivity contribution in [3.63, 3.8) is 0 Å². The van der Waals surface area contributed by atoms with Gasteiger partial charge in [0.1, 0.15) is 6.61 Å². The largest absolute Gasteiger partial charge is 0.368 e. The normalized spacial score (nSPS) is 22.6. The van der Waals surface area contributed by atoms with Crippen LogP contribution in [0.2, 0.25) is 10.0 Å². The van der Waals surface area contributed by atoms with E-state index in [1.807, 2.05) is 0 Å². The number of hydrogen-bond acceptors (Lipinski definition) is 2. The Morgan fingerprint density at radius 1 is 1.35 bits per heavy atom. The lowest BCUT2D eigenvalue weighted by molar-refractivity contribution is -0.124. The van der Waals surface area contributed by atoms with Crippen LogP contribution in [0.3, 0.4) is 0 Å². The lowest BCUT2D eigenvalue weighted by Gasteiger charge is -2.28. The number of carbonyl (C=O) groups excluding carboxylic acids is 1. The first-order valence-corrected chi connectivity index (χ1v) is 7.69. The van der Waals surface area contributed by atoms with Crippen LogP contribution in [0.1, 0.15) is 32.6 Å². The highest BCUT2D eigenvalue weighted by Gasteiger charge is 2.22.